The molecule has 2 rings (SSSR count). The van der Waals surface area contributed by atoms with E-state index in [1.54, 1.807) is 19.1 Å². The zero-order chi connectivity index (χ0) is 17.2. The molecule has 0 radical (unpaired) electrons. The van der Waals surface area contributed by atoms with Gasteiger partial charge in [-0.05, 0) is 17.7 Å². The number of benzene rings is 2. The molecule has 0 aliphatic heterocycles. The van der Waals surface area contributed by atoms with Gasteiger partial charge in [-0.15, -0.1) is 0 Å². The topological polar surface area (TPSA) is 50.8 Å². The Labute approximate surface area is 143 Å². The number of likely N-dealkylation sites (N-methyl/N-ethyl adjacent to an activating group) is 1. The molecule has 24 heavy (non-hydrogen) atoms. The standard InChI is InChI=1S/C19H24N2O3/c1-21(15-16-7-4-3-5-8-16)19(22)14-20-17-9-6-10-18(13-17)24-12-11-23-2/h3-10,13,20H,11-12,14-15H2,1-2H3. The first-order chi connectivity index (χ1) is 11.7. The van der Waals surface area contributed by atoms with E-state index in [2.05, 4.69) is 5.32 Å². The van der Waals surface area contributed by atoms with Crippen LogP contribution in [0, 0.1) is 0 Å². The van der Waals surface area contributed by atoms with Gasteiger partial charge in [0.05, 0.1) is 13.2 Å². The number of carbonyl (C=O) groups excluding carboxylic acids is 1. The van der Waals surface area contributed by atoms with Crippen molar-refractivity contribution >= 4 is 11.6 Å². The molecule has 0 saturated heterocycles. The lowest BCUT2D eigenvalue weighted by Gasteiger charge is -2.18. The van der Waals surface area contributed by atoms with E-state index < -0.39 is 0 Å². The molecule has 0 aliphatic carbocycles. The molecule has 5 heteroatoms. The molecule has 0 heterocycles. The Morgan fingerprint density at radius 1 is 1.08 bits per heavy atom. The van der Waals surface area contributed by atoms with Gasteiger partial charge in [-0.2, -0.15) is 0 Å². The maximum Gasteiger partial charge on any atom is 0.241 e. The van der Waals surface area contributed by atoms with E-state index in [1.807, 2.05) is 54.6 Å². The van der Waals surface area contributed by atoms with Gasteiger partial charge in [0.2, 0.25) is 5.91 Å². The number of anilines is 1. The van der Waals surface area contributed by atoms with Crippen LogP contribution in [-0.2, 0) is 16.1 Å². The van der Waals surface area contributed by atoms with E-state index in [9.17, 15) is 4.79 Å². The molecule has 0 saturated carbocycles. The van der Waals surface area contributed by atoms with Crippen LogP contribution >= 0.6 is 0 Å². The van der Waals surface area contributed by atoms with Crippen LogP contribution in [0.15, 0.2) is 54.6 Å². The van der Waals surface area contributed by atoms with E-state index in [0.29, 0.717) is 19.8 Å². The lowest BCUT2D eigenvalue weighted by Crippen LogP contribution is -2.31. The van der Waals surface area contributed by atoms with Gasteiger partial charge in [-0.1, -0.05) is 36.4 Å². The molecule has 2 aromatic carbocycles. The molecule has 0 bridgehead atoms. The van der Waals surface area contributed by atoms with Crippen LogP contribution in [0.1, 0.15) is 5.56 Å². The number of amides is 1. The minimum Gasteiger partial charge on any atom is -0.491 e. The number of ether oxygens (including phenoxy) is 2. The van der Waals surface area contributed by atoms with Crippen molar-refractivity contribution in [2.75, 3.05) is 39.2 Å². The summed E-state index contributed by atoms with van der Waals surface area (Å²) in [5.74, 6) is 0.784. The largest absolute Gasteiger partial charge is 0.491 e. The van der Waals surface area contributed by atoms with Crippen LogP contribution in [0.2, 0.25) is 0 Å². The van der Waals surface area contributed by atoms with Crippen molar-refractivity contribution in [2.45, 2.75) is 6.54 Å². The molecule has 0 spiro atoms. The van der Waals surface area contributed by atoms with Crippen LogP contribution in [0.3, 0.4) is 0 Å². The fourth-order valence-corrected chi connectivity index (χ4v) is 2.20. The van der Waals surface area contributed by atoms with Crippen molar-refractivity contribution in [3.05, 3.63) is 60.2 Å². The molecule has 0 aromatic heterocycles. The summed E-state index contributed by atoms with van der Waals surface area (Å²) in [5.41, 5.74) is 1.97. The molecule has 2 aromatic rings. The minimum absolute atomic E-state index is 0.0320. The highest BCUT2D eigenvalue weighted by molar-refractivity contribution is 5.80. The molecule has 0 fully saturated rings. The maximum atomic E-state index is 12.2. The van der Waals surface area contributed by atoms with Crippen molar-refractivity contribution in [2.24, 2.45) is 0 Å². The Hall–Kier alpha value is -2.53. The first-order valence-corrected chi connectivity index (χ1v) is 7.92. The number of nitrogens with zero attached hydrogens (tertiary/aromatic N) is 1. The zero-order valence-electron chi connectivity index (χ0n) is 14.2. The summed E-state index contributed by atoms with van der Waals surface area (Å²) in [7, 11) is 3.44. The Kier molecular flexibility index (Phi) is 7.11. The predicted octanol–water partition coefficient (Wildman–Crippen LogP) is 2.78. The maximum absolute atomic E-state index is 12.2. The summed E-state index contributed by atoms with van der Waals surface area (Å²) in [6, 6.07) is 17.5. The summed E-state index contributed by atoms with van der Waals surface area (Å²) in [6.07, 6.45) is 0. The molecule has 0 aliphatic rings. The van der Waals surface area contributed by atoms with Gasteiger partial charge >= 0.3 is 0 Å². The fourth-order valence-electron chi connectivity index (χ4n) is 2.20. The van der Waals surface area contributed by atoms with Crippen molar-refractivity contribution in [1.82, 2.24) is 4.90 Å². The zero-order valence-corrected chi connectivity index (χ0v) is 14.2. The monoisotopic (exact) mass is 328 g/mol. The van der Waals surface area contributed by atoms with E-state index >= 15 is 0 Å². The highest BCUT2D eigenvalue weighted by Gasteiger charge is 2.09. The van der Waals surface area contributed by atoms with Gasteiger partial charge in [0.15, 0.2) is 0 Å². The molecular formula is C19H24N2O3. The molecular weight excluding hydrogens is 304 g/mol. The first-order valence-electron chi connectivity index (χ1n) is 7.92. The lowest BCUT2D eigenvalue weighted by molar-refractivity contribution is -0.128. The second kappa shape index (κ2) is 9.57. The highest BCUT2D eigenvalue weighted by Crippen LogP contribution is 2.17. The predicted molar refractivity (Wildman–Crippen MR) is 95.2 cm³/mol. The Balaban J connectivity index is 1.81. The summed E-state index contributed by atoms with van der Waals surface area (Å²) in [6.45, 7) is 1.88. The van der Waals surface area contributed by atoms with Crippen LogP contribution < -0.4 is 10.1 Å². The van der Waals surface area contributed by atoms with Crippen molar-refractivity contribution in [1.29, 1.82) is 0 Å². The Morgan fingerprint density at radius 3 is 2.62 bits per heavy atom. The van der Waals surface area contributed by atoms with E-state index in [4.69, 9.17) is 9.47 Å². The van der Waals surface area contributed by atoms with E-state index in [0.717, 1.165) is 17.0 Å². The minimum atomic E-state index is 0.0320. The molecule has 1 N–H and O–H groups in total. The average Bonchev–Trinajstić information content (AvgIpc) is 2.61. The summed E-state index contributed by atoms with van der Waals surface area (Å²) < 4.78 is 10.5. The Morgan fingerprint density at radius 2 is 1.88 bits per heavy atom. The number of rotatable bonds is 9. The fraction of sp³-hybridized carbons (Fsp3) is 0.316. The van der Waals surface area contributed by atoms with Crippen molar-refractivity contribution in [3.63, 3.8) is 0 Å². The second-order valence-electron chi connectivity index (χ2n) is 5.46. The van der Waals surface area contributed by atoms with Gasteiger partial charge in [0.1, 0.15) is 12.4 Å². The summed E-state index contributed by atoms with van der Waals surface area (Å²) in [4.78, 5) is 13.9. The van der Waals surface area contributed by atoms with Gasteiger partial charge in [-0.25, -0.2) is 0 Å². The first kappa shape index (κ1) is 17.8. The van der Waals surface area contributed by atoms with Gasteiger partial charge in [0, 0.05) is 32.5 Å². The summed E-state index contributed by atoms with van der Waals surface area (Å²) in [5, 5.41) is 3.14. The van der Waals surface area contributed by atoms with Crippen molar-refractivity contribution in [3.8, 4) is 5.75 Å². The summed E-state index contributed by atoms with van der Waals surface area (Å²) >= 11 is 0. The number of hydrogen-bond acceptors (Lipinski definition) is 4. The van der Waals surface area contributed by atoms with Crippen LogP contribution in [0.5, 0.6) is 5.75 Å². The quantitative estimate of drug-likeness (QED) is 0.719. The molecule has 1 amide bonds. The normalized spacial score (nSPS) is 10.2. The van der Waals surface area contributed by atoms with E-state index in [-0.39, 0.29) is 12.5 Å². The van der Waals surface area contributed by atoms with E-state index in [1.165, 1.54) is 0 Å². The lowest BCUT2D eigenvalue weighted by atomic mass is 10.2. The van der Waals surface area contributed by atoms with Crippen LogP contribution in [0.25, 0.3) is 0 Å². The molecule has 0 atom stereocenters. The SMILES string of the molecule is COCCOc1cccc(NCC(=O)N(C)Cc2ccccc2)c1. The average molecular weight is 328 g/mol. The van der Waals surface area contributed by atoms with Crippen molar-refractivity contribution < 1.29 is 14.3 Å². The van der Waals surface area contributed by atoms with Crippen LogP contribution in [0.4, 0.5) is 5.69 Å². The molecule has 128 valence electrons. The number of hydrogen-bond donors (Lipinski definition) is 1. The highest BCUT2D eigenvalue weighted by atomic mass is 16.5. The van der Waals surface area contributed by atoms with Crippen LogP contribution in [-0.4, -0.2) is 44.7 Å². The third-order valence-corrected chi connectivity index (χ3v) is 3.52. The van der Waals surface area contributed by atoms with Gasteiger partial charge in [-0.3, -0.25) is 4.79 Å². The smallest absolute Gasteiger partial charge is 0.241 e. The van der Waals surface area contributed by atoms with Gasteiger partial charge < -0.3 is 19.7 Å². The number of methoxy groups -OCH3 is 1. The molecule has 5 nitrogen and oxygen atoms in total. The third-order valence-electron chi connectivity index (χ3n) is 3.52. The Bertz CT molecular complexity index is 632. The third kappa shape index (κ3) is 5.93. The number of carbonyl (C=O) groups is 1. The van der Waals surface area contributed by atoms with Gasteiger partial charge in [0.25, 0.3) is 0 Å². The second-order valence-corrected chi connectivity index (χ2v) is 5.46. The number of nitrogens with one attached hydrogen (secondary N) is 1. The molecule has 0 unspecified atom stereocenters.